The molecule has 0 fully saturated rings. The second-order valence-electron chi connectivity index (χ2n) is 2.58. The van der Waals surface area contributed by atoms with Gasteiger partial charge in [0, 0.05) is 6.20 Å². The summed E-state index contributed by atoms with van der Waals surface area (Å²) in [5.41, 5.74) is 2.79. The first kappa shape index (κ1) is 11.4. The lowest BCUT2D eigenvalue weighted by molar-refractivity contribution is 0.569. The van der Waals surface area contributed by atoms with E-state index in [0.29, 0.717) is 10.7 Å². The Bertz CT molecular complexity index is 390. The first-order chi connectivity index (χ1) is 6.53. The number of nitrogens with zero attached hydrogens (tertiary/aromatic N) is 1. The Morgan fingerprint density at radius 1 is 1.50 bits per heavy atom. The Hall–Kier alpha value is -0.690. The van der Waals surface area contributed by atoms with Gasteiger partial charge in [0.1, 0.15) is 5.75 Å². The van der Waals surface area contributed by atoms with Crippen molar-refractivity contribution in [2.45, 2.75) is 5.75 Å². The van der Waals surface area contributed by atoms with Crippen LogP contribution in [0.1, 0.15) is 5.69 Å². The quantitative estimate of drug-likeness (QED) is 0.736. The molecular formula is C7H10ClN3O2S. The second-order valence-corrected chi connectivity index (χ2v) is 4.74. The molecule has 0 unspecified atom stereocenters. The Balaban J connectivity index is 2.74. The number of nitrogens with one attached hydrogen (secondary N) is 2. The van der Waals surface area contributed by atoms with E-state index in [2.05, 4.69) is 15.2 Å². The van der Waals surface area contributed by atoms with Crippen LogP contribution in [-0.2, 0) is 15.8 Å². The highest BCUT2D eigenvalue weighted by atomic mass is 35.5. The average Bonchev–Trinajstić information content (AvgIpc) is 2.08. The van der Waals surface area contributed by atoms with Crippen molar-refractivity contribution in [3.63, 3.8) is 0 Å². The number of hydrogen-bond acceptors (Lipinski definition) is 4. The lowest BCUT2D eigenvalue weighted by atomic mass is 10.4. The molecule has 1 aromatic rings. The second kappa shape index (κ2) is 4.70. The first-order valence-electron chi connectivity index (χ1n) is 3.80. The minimum absolute atomic E-state index is 0.176. The van der Waals surface area contributed by atoms with E-state index in [4.69, 9.17) is 11.6 Å². The van der Waals surface area contributed by atoms with Gasteiger partial charge in [0.25, 0.3) is 0 Å². The molecular weight excluding hydrogens is 226 g/mol. The van der Waals surface area contributed by atoms with Crippen molar-refractivity contribution in [2.75, 3.05) is 7.05 Å². The van der Waals surface area contributed by atoms with E-state index in [1.165, 1.54) is 13.2 Å². The van der Waals surface area contributed by atoms with E-state index in [0.717, 1.165) is 0 Å². The van der Waals surface area contributed by atoms with Crippen LogP contribution in [0.3, 0.4) is 0 Å². The maximum atomic E-state index is 11.2. The predicted molar refractivity (Wildman–Crippen MR) is 54.1 cm³/mol. The van der Waals surface area contributed by atoms with Gasteiger partial charge in [-0.25, -0.2) is 13.8 Å². The zero-order valence-electron chi connectivity index (χ0n) is 7.49. The van der Waals surface area contributed by atoms with Crippen LogP contribution in [0.15, 0.2) is 18.3 Å². The molecule has 78 valence electrons. The fraction of sp³-hybridized carbons (Fsp3) is 0.286. The number of pyridine rings is 1. The van der Waals surface area contributed by atoms with Crippen molar-refractivity contribution in [2.24, 2.45) is 0 Å². The van der Waals surface area contributed by atoms with Gasteiger partial charge >= 0.3 is 0 Å². The SMILES string of the molecule is CNNS(=O)(=O)Cc1ccc(Cl)cn1. The van der Waals surface area contributed by atoms with E-state index in [-0.39, 0.29) is 5.75 Å². The molecule has 1 rings (SSSR count). The molecule has 0 saturated heterocycles. The molecule has 14 heavy (non-hydrogen) atoms. The van der Waals surface area contributed by atoms with Gasteiger partial charge in [-0.2, -0.15) is 4.83 Å². The Morgan fingerprint density at radius 2 is 2.21 bits per heavy atom. The molecule has 0 aromatic carbocycles. The van der Waals surface area contributed by atoms with Crippen LogP contribution in [0.25, 0.3) is 0 Å². The molecule has 0 radical (unpaired) electrons. The van der Waals surface area contributed by atoms with Crippen LogP contribution in [-0.4, -0.2) is 20.4 Å². The summed E-state index contributed by atoms with van der Waals surface area (Å²) in [4.78, 5) is 6.00. The zero-order valence-corrected chi connectivity index (χ0v) is 9.06. The van der Waals surface area contributed by atoms with Gasteiger partial charge in [0.05, 0.1) is 10.7 Å². The number of aromatic nitrogens is 1. The predicted octanol–water partition coefficient (Wildman–Crippen LogP) is 0.289. The van der Waals surface area contributed by atoms with Gasteiger partial charge in [-0.15, -0.1) is 0 Å². The summed E-state index contributed by atoms with van der Waals surface area (Å²) in [6.45, 7) is 0. The van der Waals surface area contributed by atoms with Crippen molar-refractivity contribution in [1.82, 2.24) is 15.2 Å². The van der Waals surface area contributed by atoms with Crippen LogP contribution in [0.5, 0.6) is 0 Å². The van der Waals surface area contributed by atoms with E-state index in [1.807, 2.05) is 0 Å². The van der Waals surface area contributed by atoms with E-state index in [9.17, 15) is 8.42 Å². The monoisotopic (exact) mass is 235 g/mol. The topological polar surface area (TPSA) is 71.1 Å². The van der Waals surface area contributed by atoms with E-state index in [1.54, 1.807) is 12.1 Å². The molecule has 0 bridgehead atoms. The minimum Gasteiger partial charge on any atom is -0.259 e. The lowest BCUT2D eigenvalue weighted by Gasteiger charge is -2.03. The summed E-state index contributed by atoms with van der Waals surface area (Å²) in [5, 5.41) is 0.479. The van der Waals surface area contributed by atoms with Crippen molar-refractivity contribution >= 4 is 21.6 Å². The fourth-order valence-corrected chi connectivity index (χ4v) is 1.93. The van der Waals surface area contributed by atoms with Crippen LogP contribution in [0.2, 0.25) is 5.02 Å². The smallest absolute Gasteiger partial charge is 0.230 e. The number of sulfonamides is 1. The number of rotatable bonds is 4. The van der Waals surface area contributed by atoms with Gasteiger partial charge in [-0.1, -0.05) is 11.6 Å². The first-order valence-corrected chi connectivity index (χ1v) is 5.83. The van der Waals surface area contributed by atoms with Crippen molar-refractivity contribution in [3.8, 4) is 0 Å². The van der Waals surface area contributed by atoms with E-state index < -0.39 is 10.0 Å². The molecule has 0 aliphatic carbocycles. The molecule has 1 aromatic heterocycles. The summed E-state index contributed by atoms with van der Waals surface area (Å²) in [7, 11) is -1.89. The van der Waals surface area contributed by atoms with Crippen LogP contribution in [0, 0.1) is 0 Å². The molecule has 0 atom stereocenters. The fourth-order valence-electron chi connectivity index (χ4n) is 0.878. The van der Waals surface area contributed by atoms with E-state index >= 15 is 0 Å². The third kappa shape index (κ3) is 3.59. The molecule has 0 spiro atoms. The van der Waals surface area contributed by atoms with Gasteiger partial charge in [0.2, 0.25) is 10.0 Å². The molecule has 2 N–H and O–H groups in total. The Kier molecular flexibility index (Phi) is 3.82. The van der Waals surface area contributed by atoms with Crippen molar-refractivity contribution < 1.29 is 8.42 Å². The van der Waals surface area contributed by atoms with Crippen LogP contribution >= 0.6 is 11.6 Å². The Labute approximate surface area is 87.5 Å². The zero-order chi connectivity index (χ0) is 10.6. The maximum Gasteiger partial charge on any atom is 0.230 e. The normalized spacial score (nSPS) is 11.6. The van der Waals surface area contributed by atoms with Gasteiger partial charge in [-0.3, -0.25) is 4.98 Å². The molecule has 0 aliphatic rings. The summed E-state index contributed by atoms with van der Waals surface area (Å²) in [5.74, 6) is -0.176. The average molecular weight is 236 g/mol. The molecule has 7 heteroatoms. The highest BCUT2D eigenvalue weighted by Gasteiger charge is 2.10. The van der Waals surface area contributed by atoms with Gasteiger partial charge in [0.15, 0.2) is 0 Å². The highest BCUT2D eigenvalue weighted by Crippen LogP contribution is 2.07. The molecule has 5 nitrogen and oxygen atoms in total. The molecule has 0 saturated carbocycles. The third-order valence-corrected chi connectivity index (χ3v) is 2.80. The summed E-state index contributed by atoms with van der Waals surface area (Å²) in [6.07, 6.45) is 1.41. The van der Waals surface area contributed by atoms with Crippen LogP contribution in [0.4, 0.5) is 0 Å². The van der Waals surface area contributed by atoms with Crippen molar-refractivity contribution in [1.29, 1.82) is 0 Å². The molecule has 0 aliphatic heterocycles. The maximum absolute atomic E-state index is 11.2. The largest absolute Gasteiger partial charge is 0.259 e. The van der Waals surface area contributed by atoms with Gasteiger partial charge < -0.3 is 0 Å². The van der Waals surface area contributed by atoms with Crippen molar-refractivity contribution in [3.05, 3.63) is 29.0 Å². The standard InChI is InChI=1S/C7H10ClN3O2S/c1-9-11-14(12,13)5-7-3-2-6(8)4-10-7/h2-4,9,11H,5H2,1H3. The minimum atomic E-state index is -3.36. The summed E-state index contributed by atoms with van der Waals surface area (Å²) >= 11 is 5.60. The lowest BCUT2D eigenvalue weighted by Crippen LogP contribution is -2.35. The number of hydrazine groups is 1. The Morgan fingerprint density at radius 3 is 2.71 bits per heavy atom. The molecule has 0 amide bonds. The van der Waals surface area contributed by atoms with Crippen LogP contribution < -0.4 is 10.3 Å². The highest BCUT2D eigenvalue weighted by molar-refractivity contribution is 7.88. The number of halogens is 1. The van der Waals surface area contributed by atoms with Gasteiger partial charge in [-0.05, 0) is 19.2 Å². The number of hydrogen-bond donors (Lipinski definition) is 2. The summed E-state index contributed by atoms with van der Waals surface area (Å²) < 4.78 is 22.5. The molecule has 1 heterocycles. The summed E-state index contributed by atoms with van der Waals surface area (Å²) in [6, 6.07) is 3.16. The third-order valence-electron chi connectivity index (χ3n) is 1.38.